The van der Waals surface area contributed by atoms with E-state index >= 15 is 0 Å². The molecular formula is C12H10Br2N2. The third-order valence-corrected chi connectivity index (χ3v) is 3.69. The van der Waals surface area contributed by atoms with Crippen LogP contribution in [0.25, 0.3) is 15.8 Å². The minimum absolute atomic E-state index is 0.545. The number of fused-ring (bicyclic) bond motifs is 1. The van der Waals surface area contributed by atoms with Crippen molar-refractivity contribution in [3.8, 4) is 0 Å². The molecule has 1 aliphatic rings. The molecule has 0 aromatic heterocycles. The van der Waals surface area contributed by atoms with E-state index in [9.17, 15) is 0 Å². The largest absolute Gasteiger partial charge is 0.397 e. The normalized spacial score (nSPS) is 14.2. The fourth-order valence-electron chi connectivity index (χ4n) is 1.82. The van der Waals surface area contributed by atoms with Gasteiger partial charge in [-0.15, -0.1) is 0 Å². The van der Waals surface area contributed by atoms with Crippen LogP contribution >= 0.6 is 31.9 Å². The molecule has 16 heavy (non-hydrogen) atoms. The second-order valence-electron chi connectivity index (χ2n) is 3.56. The van der Waals surface area contributed by atoms with Gasteiger partial charge in [-0.2, -0.15) is 0 Å². The number of benzene rings is 1. The average molecular weight is 342 g/mol. The summed E-state index contributed by atoms with van der Waals surface area (Å²) in [5.74, 6) is 0. The lowest BCUT2D eigenvalue weighted by Gasteiger charge is -2.11. The monoisotopic (exact) mass is 340 g/mol. The fraction of sp³-hybridized carbons (Fsp3) is 0. The third kappa shape index (κ3) is 1.44. The molecule has 2 rings (SSSR count). The molecule has 0 saturated carbocycles. The summed E-state index contributed by atoms with van der Waals surface area (Å²) in [6, 6.07) is 3.86. The molecular weight excluding hydrogens is 332 g/mol. The number of nitrogens with two attached hydrogens (primary N) is 2. The maximum atomic E-state index is 5.93. The van der Waals surface area contributed by atoms with Gasteiger partial charge in [0, 0.05) is 31.2 Å². The van der Waals surface area contributed by atoms with E-state index in [0.29, 0.717) is 11.4 Å². The molecule has 4 heteroatoms. The van der Waals surface area contributed by atoms with Gasteiger partial charge in [-0.1, -0.05) is 51.1 Å². The Morgan fingerprint density at radius 3 is 2.38 bits per heavy atom. The lowest BCUT2D eigenvalue weighted by atomic mass is 9.99. The summed E-state index contributed by atoms with van der Waals surface area (Å²) in [5, 5.41) is 0. The molecule has 0 amide bonds. The van der Waals surface area contributed by atoms with Crippen molar-refractivity contribution in [2.75, 3.05) is 0 Å². The summed E-state index contributed by atoms with van der Waals surface area (Å²) >= 11 is 6.87. The number of allylic oxidation sites excluding steroid dienone is 1. The molecule has 0 spiro atoms. The van der Waals surface area contributed by atoms with Crippen LogP contribution in [0.1, 0.15) is 16.7 Å². The topological polar surface area (TPSA) is 52.0 Å². The number of rotatable bonds is 1. The van der Waals surface area contributed by atoms with Crippen molar-refractivity contribution < 1.29 is 0 Å². The van der Waals surface area contributed by atoms with E-state index in [0.717, 1.165) is 31.2 Å². The highest BCUT2D eigenvalue weighted by Gasteiger charge is 2.25. The van der Waals surface area contributed by atoms with E-state index in [4.69, 9.17) is 11.5 Å². The molecule has 82 valence electrons. The highest BCUT2D eigenvalue weighted by Crippen LogP contribution is 2.43. The second-order valence-corrected chi connectivity index (χ2v) is 5.37. The van der Waals surface area contributed by atoms with Crippen molar-refractivity contribution in [3.63, 3.8) is 0 Å². The summed E-state index contributed by atoms with van der Waals surface area (Å²) < 4.78 is 1.72. The summed E-state index contributed by atoms with van der Waals surface area (Å²) in [6.07, 6.45) is 0. The van der Waals surface area contributed by atoms with Crippen molar-refractivity contribution in [1.29, 1.82) is 0 Å². The van der Waals surface area contributed by atoms with Crippen molar-refractivity contribution in [3.05, 3.63) is 52.2 Å². The van der Waals surface area contributed by atoms with E-state index in [1.165, 1.54) is 0 Å². The summed E-state index contributed by atoms with van der Waals surface area (Å²) in [6.45, 7) is 7.86. The van der Waals surface area contributed by atoms with E-state index in [1.54, 1.807) is 0 Å². The molecule has 0 unspecified atom stereocenters. The van der Waals surface area contributed by atoms with Gasteiger partial charge in [0.1, 0.15) is 0 Å². The first-order valence-corrected chi connectivity index (χ1v) is 6.16. The number of hydrogen-bond acceptors (Lipinski definition) is 2. The molecule has 2 nitrogen and oxygen atoms in total. The van der Waals surface area contributed by atoms with E-state index in [1.807, 2.05) is 12.1 Å². The molecule has 0 aliphatic heterocycles. The van der Waals surface area contributed by atoms with Crippen LogP contribution in [0.15, 0.2) is 35.5 Å². The molecule has 0 saturated heterocycles. The molecule has 0 fully saturated rings. The third-order valence-electron chi connectivity index (χ3n) is 2.63. The van der Waals surface area contributed by atoms with Gasteiger partial charge >= 0.3 is 0 Å². The molecule has 1 aromatic carbocycles. The quantitative estimate of drug-likeness (QED) is 0.822. The van der Waals surface area contributed by atoms with Crippen LogP contribution in [0.3, 0.4) is 0 Å². The SMILES string of the molecule is C=C(Br)c1c(Br)ccc2c1C(=C)C(N)=C2N. The van der Waals surface area contributed by atoms with Crippen molar-refractivity contribution in [2.24, 2.45) is 11.5 Å². The average Bonchev–Trinajstić information content (AvgIpc) is 2.43. The lowest BCUT2D eigenvalue weighted by Crippen LogP contribution is -2.02. The van der Waals surface area contributed by atoms with Crippen LogP contribution in [-0.4, -0.2) is 0 Å². The van der Waals surface area contributed by atoms with Crippen LogP contribution < -0.4 is 11.5 Å². The summed E-state index contributed by atoms with van der Waals surface area (Å²) in [5.41, 5.74) is 16.5. The standard InChI is InChI=1S/C12H10Br2N2/c1-5-9-7(12(16)11(5)15)3-4-8(14)10(9)6(2)13/h3-4H,1-2,15-16H2. The Labute approximate surface area is 111 Å². The first kappa shape index (κ1) is 11.5. The zero-order chi connectivity index (χ0) is 12.0. The molecule has 0 radical (unpaired) electrons. The predicted molar refractivity (Wildman–Crippen MR) is 76.4 cm³/mol. The molecule has 0 heterocycles. The van der Waals surface area contributed by atoms with E-state index in [2.05, 4.69) is 45.0 Å². The maximum Gasteiger partial charge on any atom is 0.0634 e. The summed E-state index contributed by atoms with van der Waals surface area (Å²) in [4.78, 5) is 0. The van der Waals surface area contributed by atoms with Gasteiger partial charge in [0.05, 0.1) is 11.4 Å². The Kier molecular flexibility index (Phi) is 2.72. The van der Waals surface area contributed by atoms with Gasteiger partial charge in [-0.05, 0) is 6.07 Å². The highest BCUT2D eigenvalue weighted by molar-refractivity contribution is 9.15. The van der Waals surface area contributed by atoms with Crippen LogP contribution in [0.2, 0.25) is 0 Å². The zero-order valence-electron chi connectivity index (χ0n) is 8.48. The van der Waals surface area contributed by atoms with Crippen LogP contribution in [0.4, 0.5) is 0 Å². The second kappa shape index (κ2) is 3.79. The lowest BCUT2D eigenvalue weighted by molar-refractivity contribution is 1.44. The minimum Gasteiger partial charge on any atom is -0.397 e. The zero-order valence-corrected chi connectivity index (χ0v) is 11.7. The van der Waals surface area contributed by atoms with Crippen LogP contribution in [0, 0.1) is 0 Å². The first-order chi connectivity index (χ1) is 7.45. The highest BCUT2D eigenvalue weighted by atomic mass is 79.9. The van der Waals surface area contributed by atoms with Crippen LogP contribution in [-0.2, 0) is 0 Å². The first-order valence-electron chi connectivity index (χ1n) is 4.57. The van der Waals surface area contributed by atoms with Gasteiger partial charge < -0.3 is 11.5 Å². The Bertz CT molecular complexity index is 556. The Morgan fingerprint density at radius 2 is 1.81 bits per heavy atom. The van der Waals surface area contributed by atoms with Gasteiger partial charge in [-0.25, -0.2) is 0 Å². The molecule has 1 aromatic rings. The van der Waals surface area contributed by atoms with Gasteiger partial charge in [0.2, 0.25) is 0 Å². The van der Waals surface area contributed by atoms with Gasteiger partial charge in [-0.3, -0.25) is 0 Å². The Hall–Kier alpha value is -1.00. The van der Waals surface area contributed by atoms with Crippen molar-refractivity contribution in [1.82, 2.24) is 0 Å². The molecule has 0 atom stereocenters. The minimum atomic E-state index is 0.545. The van der Waals surface area contributed by atoms with Crippen molar-refractivity contribution >= 4 is 47.6 Å². The van der Waals surface area contributed by atoms with Gasteiger partial charge in [0.25, 0.3) is 0 Å². The number of hydrogen-bond donors (Lipinski definition) is 2. The van der Waals surface area contributed by atoms with E-state index in [-0.39, 0.29) is 0 Å². The molecule has 4 N–H and O–H groups in total. The molecule has 0 bridgehead atoms. The maximum absolute atomic E-state index is 5.93. The van der Waals surface area contributed by atoms with Crippen molar-refractivity contribution in [2.45, 2.75) is 0 Å². The van der Waals surface area contributed by atoms with E-state index < -0.39 is 0 Å². The smallest absolute Gasteiger partial charge is 0.0634 e. The molecule has 1 aliphatic carbocycles. The number of halogens is 2. The Morgan fingerprint density at radius 1 is 1.19 bits per heavy atom. The Balaban J connectivity index is 2.82. The predicted octanol–water partition coefficient (Wildman–Crippen LogP) is 3.43. The summed E-state index contributed by atoms with van der Waals surface area (Å²) in [7, 11) is 0. The fourth-order valence-corrected chi connectivity index (χ4v) is 3.07. The van der Waals surface area contributed by atoms with Crippen LogP contribution in [0.5, 0.6) is 0 Å². The van der Waals surface area contributed by atoms with Gasteiger partial charge in [0.15, 0.2) is 0 Å².